The third-order valence-corrected chi connectivity index (χ3v) is 6.20. The Morgan fingerprint density at radius 1 is 0.966 bits per heavy atom. The molecule has 0 aliphatic carbocycles. The van der Waals surface area contributed by atoms with E-state index in [1.165, 1.54) is 16.5 Å². The lowest BCUT2D eigenvalue weighted by Gasteiger charge is -2.36. The molecule has 1 fully saturated rings. The van der Waals surface area contributed by atoms with Crippen molar-refractivity contribution < 1.29 is 0 Å². The molecule has 3 aromatic rings. The number of nitrogens with zero attached hydrogens (tertiary/aromatic N) is 4. The molecule has 3 heterocycles. The molecule has 150 valence electrons. The fraction of sp³-hybridized carbons (Fsp3) is 0.391. The van der Waals surface area contributed by atoms with Crippen molar-refractivity contribution in [2.45, 2.75) is 19.5 Å². The van der Waals surface area contributed by atoms with E-state index in [1.54, 1.807) is 10.9 Å². The molecule has 6 heteroatoms. The Bertz CT molecular complexity index is 1060. The van der Waals surface area contributed by atoms with Crippen LogP contribution in [0.4, 0.5) is 5.69 Å². The lowest BCUT2D eigenvalue weighted by molar-refractivity contribution is 0.246. The van der Waals surface area contributed by atoms with Gasteiger partial charge in [0.05, 0.1) is 17.6 Å². The zero-order valence-electron chi connectivity index (χ0n) is 16.7. The SMILES string of the molecule is O=c1c2c(ncn1CCN1CCN(c3cccc4ccccc34)CC1)CCNC2. The topological polar surface area (TPSA) is 53.4 Å². The highest BCUT2D eigenvalue weighted by atomic mass is 16.1. The van der Waals surface area contributed by atoms with Crippen LogP contribution in [0.3, 0.4) is 0 Å². The van der Waals surface area contributed by atoms with Gasteiger partial charge >= 0.3 is 0 Å². The minimum atomic E-state index is 0.122. The van der Waals surface area contributed by atoms with Crippen LogP contribution in [0, 0.1) is 0 Å². The van der Waals surface area contributed by atoms with Crippen LogP contribution in [0.2, 0.25) is 0 Å². The molecule has 0 radical (unpaired) electrons. The molecule has 6 nitrogen and oxygen atoms in total. The number of hydrogen-bond donors (Lipinski definition) is 1. The third kappa shape index (κ3) is 3.66. The van der Waals surface area contributed by atoms with E-state index in [4.69, 9.17) is 0 Å². The van der Waals surface area contributed by atoms with Crippen LogP contribution >= 0.6 is 0 Å². The number of rotatable bonds is 4. The van der Waals surface area contributed by atoms with Crippen molar-refractivity contribution in [1.82, 2.24) is 19.8 Å². The van der Waals surface area contributed by atoms with E-state index in [-0.39, 0.29) is 5.56 Å². The summed E-state index contributed by atoms with van der Waals surface area (Å²) in [6.45, 7) is 7.18. The molecule has 1 saturated heterocycles. The van der Waals surface area contributed by atoms with Crippen molar-refractivity contribution in [2.24, 2.45) is 0 Å². The van der Waals surface area contributed by atoms with Crippen molar-refractivity contribution in [3.05, 3.63) is 70.4 Å². The van der Waals surface area contributed by atoms with Crippen LogP contribution in [0.15, 0.2) is 53.6 Å². The van der Waals surface area contributed by atoms with E-state index in [9.17, 15) is 4.79 Å². The second kappa shape index (κ2) is 7.97. The molecule has 1 N–H and O–H groups in total. The first-order chi connectivity index (χ1) is 14.3. The summed E-state index contributed by atoms with van der Waals surface area (Å²) in [5.41, 5.74) is 3.26. The van der Waals surface area contributed by atoms with Crippen molar-refractivity contribution in [3.63, 3.8) is 0 Å². The Morgan fingerprint density at radius 2 is 1.79 bits per heavy atom. The molecular weight excluding hydrogens is 362 g/mol. The molecule has 2 aromatic carbocycles. The molecule has 0 bridgehead atoms. The van der Waals surface area contributed by atoms with Gasteiger partial charge < -0.3 is 10.2 Å². The summed E-state index contributed by atoms with van der Waals surface area (Å²) in [6, 6.07) is 15.1. The lowest BCUT2D eigenvalue weighted by Crippen LogP contribution is -2.47. The third-order valence-electron chi connectivity index (χ3n) is 6.20. The summed E-state index contributed by atoms with van der Waals surface area (Å²) < 4.78 is 1.78. The average Bonchev–Trinajstić information content (AvgIpc) is 2.79. The molecule has 1 aromatic heterocycles. The first-order valence-electron chi connectivity index (χ1n) is 10.5. The summed E-state index contributed by atoms with van der Waals surface area (Å²) in [5, 5.41) is 5.89. The quantitative estimate of drug-likeness (QED) is 0.738. The summed E-state index contributed by atoms with van der Waals surface area (Å²) >= 11 is 0. The molecule has 29 heavy (non-hydrogen) atoms. The second-order valence-corrected chi connectivity index (χ2v) is 7.92. The second-order valence-electron chi connectivity index (χ2n) is 7.92. The summed E-state index contributed by atoms with van der Waals surface area (Å²) in [4.78, 5) is 22.2. The minimum absolute atomic E-state index is 0.122. The van der Waals surface area contributed by atoms with Crippen LogP contribution in [-0.2, 0) is 19.5 Å². The Balaban J connectivity index is 1.22. The molecule has 0 atom stereocenters. The Labute approximate surface area is 170 Å². The summed E-state index contributed by atoms with van der Waals surface area (Å²) in [5.74, 6) is 0. The van der Waals surface area contributed by atoms with Gasteiger partial charge in [-0.1, -0.05) is 36.4 Å². The van der Waals surface area contributed by atoms with E-state index in [2.05, 4.69) is 62.6 Å². The van der Waals surface area contributed by atoms with Crippen LogP contribution in [0.1, 0.15) is 11.3 Å². The minimum Gasteiger partial charge on any atom is -0.368 e. The molecule has 2 aliphatic rings. The van der Waals surface area contributed by atoms with Crippen LogP contribution in [0.25, 0.3) is 10.8 Å². The standard InChI is InChI=1S/C23H27N5O/c29-23-20-16-24-9-8-21(20)25-17-28(23)15-12-26-10-13-27(14-11-26)22-7-3-5-18-4-1-2-6-19(18)22/h1-7,17,24H,8-16H2. The van der Waals surface area contributed by atoms with Gasteiger partial charge in [-0.05, 0) is 11.5 Å². The molecule has 0 amide bonds. The van der Waals surface area contributed by atoms with E-state index in [0.29, 0.717) is 13.1 Å². The number of piperazine rings is 1. The largest absolute Gasteiger partial charge is 0.368 e. The smallest absolute Gasteiger partial charge is 0.258 e. The number of fused-ring (bicyclic) bond motifs is 2. The maximum Gasteiger partial charge on any atom is 0.258 e. The number of nitrogens with one attached hydrogen (secondary N) is 1. The molecule has 0 saturated carbocycles. The Hall–Kier alpha value is -2.70. The number of hydrogen-bond acceptors (Lipinski definition) is 5. The van der Waals surface area contributed by atoms with E-state index in [0.717, 1.165) is 56.9 Å². The Morgan fingerprint density at radius 3 is 2.69 bits per heavy atom. The highest BCUT2D eigenvalue weighted by Gasteiger charge is 2.19. The maximum absolute atomic E-state index is 12.7. The highest BCUT2D eigenvalue weighted by molar-refractivity contribution is 5.94. The summed E-state index contributed by atoms with van der Waals surface area (Å²) in [7, 11) is 0. The Kier molecular flexibility index (Phi) is 5.04. The first-order valence-corrected chi connectivity index (χ1v) is 10.5. The summed E-state index contributed by atoms with van der Waals surface area (Å²) in [6.07, 6.45) is 2.58. The fourth-order valence-electron chi connectivity index (χ4n) is 4.48. The molecule has 0 unspecified atom stereocenters. The van der Waals surface area contributed by atoms with Crippen LogP contribution in [0.5, 0.6) is 0 Å². The zero-order chi connectivity index (χ0) is 19.6. The van der Waals surface area contributed by atoms with Crippen molar-refractivity contribution in [3.8, 4) is 0 Å². The van der Waals surface area contributed by atoms with Gasteiger partial charge in [0.2, 0.25) is 0 Å². The van der Waals surface area contributed by atoms with Gasteiger partial charge in [-0.3, -0.25) is 14.3 Å². The number of anilines is 1. The van der Waals surface area contributed by atoms with E-state index in [1.807, 2.05) is 0 Å². The van der Waals surface area contributed by atoms with Crippen molar-refractivity contribution in [1.29, 1.82) is 0 Å². The lowest BCUT2D eigenvalue weighted by atomic mass is 10.1. The first kappa shape index (κ1) is 18.3. The van der Waals surface area contributed by atoms with Gasteiger partial charge in [-0.15, -0.1) is 0 Å². The highest BCUT2D eigenvalue weighted by Crippen LogP contribution is 2.27. The van der Waals surface area contributed by atoms with Gasteiger partial charge in [0.15, 0.2) is 0 Å². The normalized spacial score (nSPS) is 17.4. The van der Waals surface area contributed by atoms with Crippen LogP contribution < -0.4 is 15.8 Å². The van der Waals surface area contributed by atoms with E-state index >= 15 is 0 Å². The zero-order valence-corrected chi connectivity index (χ0v) is 16.7. The van der Waals surface area contributed by atoms with Gasteiger partial charge in [0, 0.05) is 69.9 Å². The fourth-order valence-corrected chi connectivity index (χ4v) is 4.48. The monoisotopic (exact) mass is 389 g/mol. The van der Waals surface area contributed by atoms with Crippen LogP contribution in [-0.4, -0.2) is 53.7 Å². The predicted molar refractivity (Wildman–Crippen MR) is 117 cm³/mol. The van der Waals surface area contributed by atoms with Gasteiger partial charge in [0.25, 0.3) is 5.56 Å². The van der Waals surface area contributed by atoms with E-state index < -0.39 is 0 Å². The number of aromatic nitrogens is 2. The predicted octanol–water partition coefficient (Wildman–Crippen LogP) is 1.86. The van der Waals surface area contributed by atoms with Gasteiger partial charge in [-0.25, -0.2) is 4.98 Å². The van der Waals surface area contributed by atoms with Gasteiger partial charge in [-0.2, -0.15) is 0 Å². The number of benzene rings is 2. The molecule has 2 aliphatic heterocycles. The molecule has 0 spiro atoms. The molecular formula is C23H27N5O. The maximum atomic E-state index is 12.7. The van der Waals surface area contributed by atoms with Crippen molar-refractivity contribution >= 4 is 16.5 Å². The average molecular weight is 390 g/mol. The van der Waals surface area contributed by atoms with Crippen molar-refractivity contribution in [2.75, 3.05) is 44.2 Å². The van der Waals surface area contributed by atoms with Gasteiger partial charge in [0.1, 0.15) is 0 Å². The molecule has 5 rings (SSSR count).